The van der Waals surface area contributed by atoms with E-state index in [0.29, 0.717) is 11.3 Å². The first-order valence-corrected chi connectivity index (χ1v) is 8.61. The summed E-state index contributed by atoms with van der Waals surface area (Å²) < 4.78 is 5.88. The lowest BCUT2D eigenvalue weighted by Gasteiger charge is -2.08. The number of nitrogens with one attached hydrogen (secondary N) is 2. The van der Waals surface area contributed by atoms with Crippen molar-refractivity contribution in [1.29, 1.82) is 0 Å². The van der Waals surface area contributed by atoms with Crippen molar-refractivity contribution in [3.63, 3.8) is 0 Å². The van der Waals surface area contributed by atoms with E-state index >= 15 is 0 Å². The number of H-pyrrole nitrogens is 2. The quantitative estimate of drug-likeness (QED) is 0.486. The number of aromatic nitrogens is 3. The van der Waals surface area contributed by atoms with Gasteiger partial charge in [0.2, 0.25) is 5.88 Å². The lowest BCUT2D eigenvalue weighted by molar-refractivity contribution is 0.465. The van der Waals surface area contributed by atoms with Crippen molar-refractivity contribution in [1.82, 2.24) is 15.0 Å². The molecule has 3 heterocycles. The average molecular weight is 353 g/mol. The molecule has 5 aromatic rings. The molecular formula is C22H15N3O2. The molecule has 5 rings (SSSR count). The number of para-hydroxylation sites is 2. The molecule has 2 aromatic carbocycles. The number of nitrogens with zero attached hydrogens (tertiary/aromatic N) is 1. The molecule has 0 bridgehead atoms. The van der Waals surface area contributed by atoms with Gasteiger partial charge >= 0.3 is 0 Å². The topological polar surface area (TPSA) is 70.8 Å². The highest BCUT2D eigenvalue weighted by Gasteiger charge is 2.11. The number of hydrogen-bond acceptors (Lipinski definition) is 3. The zero-order valence-electron chi connectivity index (χ0n) is 14.3. The second-order valence-corrected chi connectivity index (χ2v) is 6.26. The van der Waals surface area contributed by atoms with Crippen molar-refractivity contribution in [3.05, 3.63) is 89.3 Å². The van der Waals surface area contributed by atoms with Gasteiger partial charge < -0.3 is 14.7 Å². The van der Waals surface area contributed by atoms with Crippen molar-refractivity contribution >= 4 is 21.8 Å². The van der Waals surface area contributed by atoms with Gasteiger partial charge in [-0.1, -0.05) is 36.4 Å². The Kier molecular flexibility index (Phi) is 3.50. The van der Waals surface area contributed by atoms with Crippen LogP contribution in [0.25, 0.3) is 33.1 Å². The predicted octanol–water partition coefficient (Wildman–Crippen LogP) is 4.86. The second-order valence-electron chi connectivity index (χ2n) is 6.26. The molecular weight excluding hydrogens is 338 g/mol. The maximum Gasteiger partial charge on any atom is 0.257 e. The van der Waals surface area contributed by atoms with Gasteiger partial charge in [0, 0.05) is 28.9 Å². The molecule has 0 saturated carbocycles. The highest BCUT2D eigenvalue weighted by Crippen LogP contribution is 2.30. The van der Waals surface area contributed by atoms with Gasteiger partial charge in [0.15, 0.2) is 0 Å². The standard InChI is InChI=1S/C22H15N3O2/c26-22-17-13-19(24-18(17)11-12-23-22)16-8-4-5-14-9-10-20(25-21(14)16)27-15-6-2-1-3-7-15/h1-13,24H,(H,23,26). The van der Waals surface area contributed by atoms with Gasteiger partial charge in [-0.25, -0.2) is 4.98 Å². The molecule has 5 heteroatoms. The third-order valence-corrected chi connectivity index (χ3v) is 4.51. The molecule has 0 radical (unpaired) electrons. The number of pyridine rings is 2. The average Bonchev–Trinajstić information content (AvgIpc) is 3.14. The predicted molar refractivity (Wildman–Crippen MR) is 106 cm³/mol. The van der Waals surface area contributed by atoms with Crippen LogP contribution < -0.4 is 10.3 Å². The van der Waals surface area contributed by atoms with E-state index in [2.05, 4.69) is 9.97 Å². The highest BCUT2D eigenvalue weighted by atomic mass is 16.5. The summed E-state index contributed by atoms with van der Waals surface area (Å²) in [6, 6.07) is 23.1. The Morgan fingerprint density at radius 1 is 0.889 bits per heavy atom. The van der Waals surface area contributed by atoms with Crippen LogP contribution in [0.4, 0.5) is 0 Å². The fourth-order valence-electron chi connectivity index (χ4n) is 3.23. The molecule has 5 nitrogen and oxygen atoms in total. The van der Waals surface area contributed by atoms with E-state index < -0.39 is 0 Å². The first kappa shape index (κ1) is 15.4. The summed E-state index contributed by atoms with van der Waals surface area (Å²) in [5.74, 6) is 1.26. The van der Waals surface area contributed by atoms with Crippen LogP contribution in [0.15, 0.2) is 83.8 Å². The Bertz CT molecular complexity index is 1320. The summed E-state index contributed by atoms with van der Waals surface area (Å²) in [6.45, 7) is 0. The minimum absolute atomic E-state index is 0.115. The highest BCUT2D eigenvalue weighted by molar-refractivity contribution is 5.96. The molecule has 0 aliphatic carbocycles. The molecule has 0 amide bonds. The fourth-order valence-corrected chi connectivity index (χ4v) is 3.23. The number of ether oxygens (including phenoxy) is 1. The molecule has 0 spiro atoms. The number of aromatic amines is 2. The van der Waals surface area contributed by atoms with E-state index in [9.17, 15) is 4.79 Å². The lowest BCUT2D eigenvalue weighted by atomic mass is 10.1. The van der Waals surface area contributed by atoms with Crippen LogP contribution in [-0.4, -0.2) is 15.0 Å². The van der Waals surface area contributed by atoms with Crippen LogP contribution in [-0.2, 0) is 0 Å². The van der Waals surface area contributed by atoms with Crippen molar-refractivity contribution in [2.75, 3.05) is 0 Å². The Morgan fingerprint density at radius 3 is 2.63 bits per heavy atom. The molecule has 27 heavy (non-hydrogen) atoms. The maximum atomic E-state index is 12.0. The largest absolute Gasteiger partial charge is 0.439 e. The number of rotatable bonds is 3. The molecule has 3 aromatic heterocycles. The first-order chi connectivity index (χ1) is 13.3. The van der Waals surface area contributed by atoms with Crippen LogP contribution in [0.5, 0.6) is 11.6 Å². The summed E-state index contributed by atoms with van der Waals surface area (Å²) in [5.41, 5.74) is 3.26. The van der Waals surface area contributed by atoms with E-state index in [1.807, 2.05) is 72.8 Å². The Hall–Kier alpha value is -3.86. The van der Waals surface area contributed by atoms with E-state index in [-0.39, 0.29) is 5.56 Å². The zero-order valence-corrected chi connectivity index (χ0v) is 14.3. The Balaban J connectivity index is 1.66. The molecule has 0 unspecified atom stereocenters. The summed E-state index contributed by atoms with van der Waals surface area (Å²) in [4.78, 5) is 22.8. The van der Waals surface area contributed by atoms with E-state index in [1.54, 1.807) is 6.20 Å². The van der Waals surface area contributed by atoms with E-state index in [1.165, 1.54) is 0 Å². The van der Waals surface area contributed by atoms with Crippen LogP contribution in [0.2, 0.25) is 0 Å². The van der Waals surface area contributed by atoms with Crippen LogP contribution in [0, 0.1) is 0 Å². The number of hydrogen-bond donors (Lipinski definition) is 2. The smallest absolute Gasteiger partial charge is 0.257 e. The third-order valence-electron chi connectivity index (χ3n) is 4.51. The SMILES string of the molecule is O=c1[nH]ccc2[nH]c(-c3cccc4ccc(Oc5ccccc5)nc34)cc12. The van der Waals surface area contributed by atoms with Gasteiger partial charge in [0.25, 0.3) is 5.56 Å². The summed E-state index contributed by atoms with van der Waals surface area (Å²) in [5, 5.41) is 1.63. The third kappa shape index (κ3) is 2.75. The van der Waals surface area contributed by atoms with Crippen LogP contribution >= 0.6 is 0 Å². The monoisotopic (exact) mass is 353 g/mol. The molecule has 2 N–H and O–H groups in total. The summed E-state index contributed by atoms with van der Waals surface area (Å²) >= 11 is 0. The fraction of sp³-hybridized carbons (Fsp3) is 0. The molecule has 0 saturated heterocycles. The molecule has 130 valence electrons. The van der Waals surface area contributed by atoms with Gasteiger partial charge in [0.05, 0.1) is 16.4 Å². The Morgan fingerprint density at radius 2 is 1.78 bits per heavy atom. The lowest BCUT2D eigenvalue weighted by Crippen LogP contribution is -2.02. The summed E-state index contributed by atoms with van der Waals surface area (Å²) in [7, 11) is 0. The van der Waals surface area contributed by atoms with Gasteiger partial charge in [-0.05, 0) is 30.3 Å². The minimum Gasteiger partial charge on any atom is -0.439 e. The molecule has 0 fully saturated rings. The molecule has 0 aliphatic heterocycles. The van der Waals surface area contributed by atoms with Gasteiger partial charge in [-0.15, -0.1) is 0 Å². The number of fused-ring (bicyclic) bond motifs is 2. The van der Waals surface area contributed by atoms with Gasteiger partial charge in [-0.2, -0.15) is 0 Å². The second kappa shape index (κ2) is 6.14. The van der Waals surface area contributed by atoms with Gasteiger partial charge in [-0.3, -0.25) is 4.79 Å². The van der Waals surface area contributed by atoms with Gasteiger partial charge in [0.1, 0.15) is 5.75 Å². The summed E-state index contributed by atoms with van der Waals surface area (Å²) in [6.07, 6.45) is 1.64. The van der Waals surface area contributed by atoms with E-state index in [0.717, 1.165) is 33.4 Å². The normalized spacial score (nSPS) is 11.1. The Labute approximate surface area is 154 Å². The molecule has 0 aliphatic rings. The van der Waals surface area contributed by atoms with E-state index in [4.69, 9.17) is 9.72 Å². The van der Waals surface area contributed by atoms with Crippen molar-refractivity contribution in [2.45, 2.75) is 0 Å². The number of benzene rings is 2. The van der Waals surface area contributed by atoms with Crippen LogP contribution in [0.1, 0.15) is 0 Å². The molecule has 0 atom stereocenters. The van der Waals surface area contributed by atoms with Crippen molar-refractivity contribution in [2.24, 2.45) is 0 Å². The van der Waals surface area contributed by atoms with Crippen molar-refractivity contribution in [3.8, 4) is 22.9 Å². The van der Waals surface area contributed by atoms with Crippen molar-refractivity contribution < 1.29 is 4.74 Å². The minimum atomic E-state index is -0.115. The van der Waals surface area contributed by atoms with Crippen LogP contribution in [0.3, 0.4) is 0 Å². The first-order valence-electron chi connectivity index (χ1n) is 8.61. The maximum absolute atomic E-state index is 12.0. The zero-order chi connectivity index (χ0) is 18.2.